The van der Waals surface area contributed by atoms with E-state index in [0.717, 1.165) is 16.7 Å². The fourth-order valence-corrected chi connectivity index (χ4v) is 2.12. The molecular formula is C17H19NO3. The molecular weight excluding hydrogens is 266 g/mol. The summed E-state index contributed by atoms with van der Waals surface area (Å²) in [5.41, 5.74) is 2.90. The summed E-state index contributed by atoms with van der Waals surface area (Å²) >= 11 is 0. The van der Waals surface area contributed by atoms with Crippen molar-refractivity contribution in [2.24, 2.45) is 0 Å². The average Bonchev–Trinajstić information content (AvgIpc) is 2.52. The van der Waals surface area contributed by atoms with Gasteiger partial charge in [0.05, 0.1) is 6.61 Å². The van der Waals surface area contributed by atoms with Crippen LogP contribution in [0.2, 0.25) is 0 Å². The van der Waals surface area contributed by atoms with Gasteiger partial charge in [0.15, 0.2) is 0 Å². The minimum absolute atomic E-state index is 0.0234. The van der Waals surface area contributed by atoms with E-state index in [9.17, 15) is 9.90 Å². The lowest BCUT2D eigenvalue weighted by Crippen LogP contribution is -2.30. The molecule has 21 heavy (non-hydrogen) atoms. The molecule has 4 heteroatoms. The third kappa shape index (κ3) is 4.61. The van der Waals surface area contributed by atoms with Gasteiger partial charge in [-0.2, -0.15) is 0 Å². The van der Waals surface area contributed by atoms with E-state index in [1.54, 1.807) is 0 Å². The van der Waals surface area contributed by atoms with Gasteiger partial charge in [-0.25, -0.2) is 4.79 Å². The van der Waals surface area contributed by atoms with Crippen LogP contribution >= 0.6 is 0 Å². The van der Waals surface area contributed by atoms with Gasteiger partial charge in [0.2, 0.25) is 0 Å². The fraction of sp³-hybridized carbons (Fsp3) is 0.235. The number of hydrogen-bond acceptors (Lipinski definition) is 2. The smallest absolute Gasteiger partial charge is 0.407 e. The SMILES string of the molecule is O=C(O)N(CCc1ccc(CO)cc1)Cc1ccccc1. The molecule has 4 nitrogen and oxygen atoms in total. The predicted octanol–water partition coefficient (Wildman–Crippen LogP) is 2.90. The van der Waals surface area contributed by atoms with Gasteiger partial charge in [-0.05, 0) is 23.1 Å². The summed E-state index contributed by atoms with van der Waals surface area (Å²) in [4.78, 5) is 12.7. The number of carboxylic acid groups (broad SMARTS) is 1. The van der Waals surface area contributed by atoms with E-state index in [-0.39, 0.29) is 6.61 Å². The maximum Gasteiger partial charge on any atom is 0.407 e. The first-order valence-corrected chi connectivity index (χ1v) is 6.89. The molecule has 0 bridgehead atoms. The van der Waals surface area contributed by atoms with Crippen LogP contribution in [-0.2, 0) is 19.6 Å². The van der Waals surface area contributed by atoms with Gasteiger partial charge in [0.25, 0.3) is 0 Å². The zero-order valence-electron chi connectivity index (χ0n) is 11.8. The second kappa shape index (κ2) is 7.45. The molecule has 0 saturated carbocycles. The van der Waals surface area contributed by atoms with Crippen molar-refractivity contribution < 1.29 is 15.0 Å². The number of benzene rings is 2. The first-order valence-electron chi connectivity index (χ1n) is 6.89. The molecule has 0 unspecified atom stereocenters. The van der Waals surface area contributed by atoms with E-state index in [1.807, 2.05) is 54.6 Å². The molecule has 110 valence electrons. The van der Waals surface area contributed by atoms with Crippen molar-refractivity contribution in [3.63, 3.8) is 0 Å². The minimum Gasteiger partial charge on any atom is -0.465 e. The van der Waals surface area contributed by atoms with E-state index in [1.165, 1.54) is 4.90 Å². The number of carbonyl (C=O) groups is 1. The maximum atomic E-state index is 11.3. The third-order valence-corrected chi connectivity index (χ3v) is 3.36. The molecule has 0 spiro atoms. The summed E-state index contributed by atoms with van der Waals surface area (Å²) in [6, 6.07) is 17.1. The molecule has 1 amide bonds. The van der Waals surface area contributed by atoms with Crippen LogP contribution in [0.3, 0.4) is 0 Å². The Balaban J connectivity index is 1.95. The summed E-state index contributed by atoms with van der Waals surface area (Å²) in [6.07, 6.45) is -0.254. The number of aliphatic hydroxyl groups is 1. The van der Waals surface area contributed by atoms with E-state index >= 15 is 0 Å². The highest BCUT2D eigenvalue weighted by molar-refractivity contribution is 5.65. The van der Waals surface area contributed by atoms with Gasteiger partial charge >= 0.3 is 6.09 Å². The topological polar surface area (TPSA) is 60.8 Å². The quantitative estimate of drug-likeness (QED) is 0.858. The highest BCUT2D eigenvalue weighted by Crippen LogP contribution is 2.09. The Morgan fingerprint density at radius 3 is 2.10 bits per heavy atom. The molecule has 0 atom stereocenters. The molecule has 0 aromatic heterocycles. The van der Waals surface area contributed by atoms with Gasteiger partial charge < -0.3 is 15.1 Å². The molecule has 2 aromatic carbocycles. The lowest BCUT2D eigenvalue weighted by atomic mass is 10.1. The summed E-state index contributed by atoms with van der Waals surface area (Å²) in [5.74, 6) is 0. The number of aliphatic hydroxyl groups excluding tert-OH is 1. The Morgan fingerprint density at radius 2 is 1.52 bits per heavy atom. The normalized spacial score (nSPS) is 10.3. The van der Waals surface area contributed by atoms with Crippen molar-refractivity contribution in [2.75, 3.05) is 6.54 Å². The van der Waals surface area contributed by atoms with Gasteiger partial charge in [0, 0.05) is 13.1 Å². The Labute approximate surface area is 124 Å². The van der Waals surface area contributed by atoms with Gasteiger partial charge in [0.1, 0.15) is 0 Å². The first kappa shape index (κ1) is 15.1. The van der Waals surface area contributed by atoms with Crippen LogP contribution in [0.5, 0.6) is 0 Å². The van der Waals surface area contributed by atoms with E-state index < -0.39 is 6.09 Å². The van der Waals surface area contributed by atoms with E-state index in [4.69, 9.17) is 5.11 Å². The molecule has 0 fully saturated rings. The van der Waals surface area contributed by atoms with E-state index in [0.29, 0.717) is 19.5 Å². The zero-order valence-corrected chi connectivity index (χ0v) is 11.8. The number of hydrogen-bond donors (Lipinski definition) is 2. The van der Waals surface area contributed by atoms with Crippen molar-refractivity contribution in [2.45, 2.75) is 19.6 Å². The van der Waals surface area contributed by atoms with Crippen molar-refractivity contribution in [3.05, 3.63) is 71.3 Å². The number of amides is 1. The second-order valence-electron chi connectivity index (χ2n) is 4.91. The van der Waals surface area contributed by atoms with Crippen molar-refractivity contribution >= 4 is 6.09 Å². The molecule has 0 heterocycles. The third-order valence-electron chi connectivity index (χ3n) is 3.36. The zero-order chi connectivity index (χ0) is 15.1. The standard InChI is InChI=1S/C17H19NO3/c19-13-16-8-6-14(7-9-16)10-11-18(17(20)21)12-15-4-2-1-3-5-15/h1-9,19H,10-13H2,(H,20,21). The molecule has 2 rings (SSSR count). The Kier molecular flexibility index (Phi) is 5.35. The van der Waals surface area contributed by atoms with Gasteiger partial charge in [-0.15, -0.1) is 0 Å². The molecule has 0 aliphatic carbocycles. The summed E-state index contributed by atoms with van der Waals surface area (Å²) in [5, 5.41) is 18.3. The fourth-order valence-electron chi connectivity index (χ4n) is 2.12. The number of nitrogens with zero attached hydrogens (tertiary/aromatic N) is 1. The lowest BCUT2D eigenvalue weighted by Gasteiger charge is -2.19. The summed E-state index contributed by atoms with van der Waals surface area (Å²) < 4.78 is 0. The van der Waals surface area contributed by atoms with Crippen LogP contribution < -0.4 is 0 Å². The average molecular weight is 285 g/mol. The number of rotatable bonds is 6. The van der Waals surface area contributed by atoms with Crippen LogP contribution in [0.1, 0.15) is 16.7 Å². The monoisotopic (exact) mass is 285 g/mol. The summed E-state index contributed by atoms with van der Waals surface area (Å²) in [7, 11) is 0. The predicted molar refractivity (Wildman–Crippen MR) is 80.9 cm³/mol. The Hall–Kier alpha value is -2.33. The van der Waals surface area contributed by atoms with Gasteiger partial charge in [-0.1, -0.05) is 54.6 Å². The highest BCUT2D eigenvalue weighted by atomic mass is 16.4. The molecule has 0 aliphatic rings. The molecule has 0 radical (unpaired) electrons. The lowest BCUT2D eigenvalue weighted by molar-refractivity contribution is 0.143. The minimum atomic E-state index is -0.911. The van der Waals surface area contributed by atoms with E-state index in [2.05, 4.69) is 0 Å². The highest BCUT2D eigenvalue weighted by Gasteiger charge is 2.12. The molecule has 0 saturated heterocycles. The van der Waals surface area contributed by atoms with Crippen molar-refractivity contribution in [3.8, 4) is 0 Å². The van der Waals surface area contributed by atoms with Crippen molar-refractivity contribution in [1.29, 1.82) is 0 Å². The Bertz CT molecular complexity index is 566. The Morgan fingerprint density at radius 1 is 0.905 bits per heavy atom. The van der Waals surface area contributed by atoms with Crippen LogP contribution in [0.4, 0.5) is 4.79 Å². The maximum absolute atomic E-state index is 11.3. The van der Waals surface area contributed by atoms with Crippen LogP contribution in [0.15, 0.2) is 54.6 Å². The largest absolute Gasteiger partial charge is 0.465 e. The van der Waals surface area contributed by atoms with Crippen molar-refractivity contribution in [1.82, 2.24) is 4.90 Å². The summed E-state index contributed by atoms with van der Waals surface area (Å²) in [6.45, 7) is 0.864. The second-order valence-corrected chi connectivity index (χ2v) is 4.91. The molecule has 0 aliphatic heterocycles. The van der Waals surface area contributed by atoms with Crippen LogP contribution in [0, 0.1) is 0 Å². The van der Waals surface area contributed by atoms with Crippen LogP contribution in [-0.4, -0.2) is 27.8 Å². The first-order chi connectivity index (χ1) is 10.2. The molecule has 2 N–H and O–H groups in total. The van der Waals surface area contributed by atoms with Crippen LogP contribution in [0.25, 0.3) is 0 Å². The van der Waals surface area contributed by atoms with Gasteiger partial charge in [-0.3, -0.25) is 0 Å². The molecule has 2 aromatic rings.